The van der Waals surface area contributed by atoms with E-state index in [0.29, 0.717) is 30.3 Å². The number of rotatable bonds is 5. The van der Waals surface area contributed by atoms with Crippen molar-refractivity contribution in [2.75, 3.05) is 18.5 Å². The third kappa shape index (κ3) is 3.46. The average molecular weight is 283 g/mol. The lowest BCUT2D eigenvalue weighted by Crippen LogP contribution is -2.10. The average Bonchev–Trinajstić information content (AvgIpc) is 2.50. The van der Waals surface area contributed by atoms with E-state index >= 15 is 0 Å². The van der Waals surface area contributed by atoms with E-state index in [2.05, 4.69) is 21.6 Å². The van der Waals surface area contributed by atoms with Gasteiger partial charge in [-0.2, -0.15) is 10.4 Å². The van der Waals surface area contributed by atoms with Crippen molar-refractivity contribution >= 4 is 11.5 Å². The Hall–Kier alpha value is -2.65. The maximum Gasteiger partial charge on any atom is 0.171 e. The number of anilines is 2. The van der Waals surface area contributed by atoms with Gasteiger partial charge in [-0.3, -0.25) is 0 Å². The molecule has 0 spiro atoms. The van der Waals surface area contributed by atoms with Crippen LogP contribution in [0.25, 0.3) is 0 Å². The van der Waals surface area contributed by atoms with Gasteiger partial charge in [-0.1, -0.05) is 6.07 Å². The van der Waals surface area contributed by atoms with Crippen LogP contribution in [-0.2, 0) is 0 Å². The molecule has 0 amide bonds. The fourth-order valence-corrected chi connectivity index (χ4v) is 1.81. The minimum absolute atomic E-state index is 0.441. The molecule has 1 heterocycles. The molecule has 0 fully saturated rings. The van der Waals surface area contributed by atoms with Crippen molar-refractivity contribution in [3.63, 3.8) is 0 Å². The minimum atomic E-state index is 0.441. The van der Waals surface area contributed by atoms with Crippen LogP contribution >= 0.6 is 0 Å². The number of aryl methyl sites for hydroxylation is 1. The lowest BCUT2D eigenvalue weighted by Gasteiger charge is -2.11. The first-order chi connectivity index (χ1) is 10.2. The molecule has 0 aliphatic carbocycles. The van der Waals surface area contributed by atoms with Crippen LogP contribution in [0.5, 0.6) is 5.75 Å². The van der Waals surface area contributed by atoms with Crippen LogP contribution in [0.4, 0.5) is 11.5 Å². The molecular weight excluding hydrogens is 266 g/mol. The highest BCUT2D eigenvalue weighted by molar-refractivity contribution is 5.65. The van der Waals surface area contributed by atoms with Crippen molar-refractivity contribution in [2.24, 2.45) is 5.73 Å². The minimum Gasteiger partial charge on any atom is -0.492 e. The maximum atomic E-state index is 9.28. The topological polar surface area (TPSA) is 96.8 Å². The van der Waals surface area contributed by atoms with Gasteiger partial charge in [0.05, 0.1) is 5.69 Å². The summed E-state index contributed by atoms with van der Waals surface area (Å²) in [5, 5.41) is 20.5. The number of nitrogens with one attached hydrogen (secondary N) is 1. The number of nitrogens with zero attached hydrogens (tertiary/aromatic N) is 3. The SMILES string of the molecule is Cc1nnc(Nc2cccc(OCCN)c2)c(C#N)c1C. The highest BCUT2D eigenvalue weighted by Gasteiger charge is 2.11. The van der Waals surface area contributed by atoms with Gasteiger partial charge in [0.2, 0.25) is 0 Å². The van der Waals surface area contributed by atoms with Crippen molar-refractivity contribution in [3.05, 3.63) is 41.1 Å². The van der Waals surface area contributed by atoms with E-state index in [4.69, 9.17) is 10.5 Å². The summed E-state index contributed by atoms with van der Waals surface area (Å²) >= 11 is 0. The van der Waals surface area contributed by atoms with Crippen molar-refractivity contribution in [1.82, 2.24) is 10.2 Å². The molecule has 2 aromatic rings. The van der Waals surface area contributed by atoms with Gasteiger partial charge in [0.1, 0.15) is 24.0 Å². The van der Waals surface area contributed by atoms with Gasteiger partial charge in [0.25, 0.3) is 0 Å². The molecule has 0 aliphatic heterocycles. The molecule has 6 heteroatoms. The number of hydrogen-bond donors (Lipinski definition) is 2. The van der Waals surface area contributed by atoms with Crippen LogP contribution in [0, 0.1) is 25.2 Å². The third-order valence-corrected chi connectivity index (χ3v) is 3.05. The normalized spacial score (nSPS) is 10.0. The first-order valence-corrected chi connectivity index (χ1v) is 6.59. The largest absolute Gasteiger partial charge is 0.492 e. The third-order valence-electron chi connectivity index (χ3n) is 3.05. The highest BCUT2D eigenvalue weighted by atomic mass is 16.5. The van der Waals surface area contributed by atoms with Crippen LogP contribution in [0.1, 0.15) is 16.8 Å². The summed E-state index contributed by atoms with van der Waals surface area (Å²) in [4.78, 5) is 0. The molecule has 3 N–H and O–H groups in total. The molecule has 1 aromatic heterocycles. The van der Waals surface area contributed by atoms with E-state index in [-0.39, 0.29) is 0 Å². The van der Waals surface area contributed by atoms with Crippen LogP contribution < -0.4 is 15.8 Å². The number of nitrogens with two attached hydrogens (primary N) is 1. The Balaban J connectivity index is 2.27. The summed E-state index contributed by atoms with van der Waals surface area (Å²) in [6.45, 7) is 4.60. The first kappa shape index (κ1) is 14.8. The molecule has 0 saturated heterocycles. The second-order valence-corrected chi connectivity index (χ2v) is 4.54. The summed E-state index contributed by atoms with van der Waals surface area (Å²) in [7, 11) is 0. The zero-order valence-electron chi connectivity index (χ0n) is 12.1. The van der Waals surface area contributed by atoms with E-state index in [1.165, 1.54) is 0 Å². The van der Waals surface area contributed by atoms with Gasteiger partial charge < -0.3 is 15.8 Å². The maximum absolute atomic E-state index is 9.28. The molecule has 0 atom stereocenters. The van der Waals surface area contributed by atoms with Gasteiger partial charge in [0.15, 0.2) is 5.82 Å². The molecular formula is C15H17N5O. The standard InChI is InChI=1S/C15H17N5O/c1-10-11(2)19-20-15(14(10)9-17)18-12-4-3-5-13(8-12)21-7-6-16/h3-5,8H,6-7,16H2,1-2H3,(H,18,20). The van der Waals surface area contributed by atoms with Gasteiger partial charge >= 0.3 is 0 Å². The Bertz CT molecular complexity index is 678. The quantitative estimate of drug-likeness (QED) is 0.871. The molecule has 0 bridgehead atoms. The van der Waals surface area contributed by atoms with E-state index in [1.807, 2.05) is 38.1 Å². The Labute approximate surface area is 123 Å². The summed E-state index contributed by atoms with van der Waals surface area (Å²) < 4.78 is 5.47. The number of aromatic nitrogens is 2. The van der Waals surface area contributed by atoms with Crippen molar-refractivity contribution in [2.45, 2.75) is 13.8 Å². The molecule has 21 heavy (non-hydrogen) atoms. The van der Waals surface area contributed by atoms with E-state index in [9.17, 15) is 5.26 Å². The van der Waals surface area contributed by atoms with Gasteiger partial charge in [-0.15, -0.1) is 5.10 Å². The molecule has 1 aromatic carbocycles. The predicted molar refractivity (Wildman–Crippen MR) is 80.5 cm³/mol. The zero-order valence-corrected chi connectivity index (χ0v) is 12.1. The summed E-state index contributed by atoms with van der Waals surface area (Å²) in [5.41, 5.74) is 8.26. The lowest BCUT2D eigenvalue weighted by atomic mass is 10.1. The molecule has 2 rings (SSSR count). The van der Waals surface area contributed by atoms with Crippen LogP contribution in [0.3, 0.4) is 0 Å². The van der Waals surface area contributed by atoms with Crippen molar-refractivity contribution in [3.8, 4) is 11.8 Å². The smallest absolute Gasteiger partial charge is 0.171 e. The Morgan fingerprint density at radius 3 is 2.86 bits per heavy atom. The van der Waals surface area contributed by atoms with Crippen molar-refractivity contribution in [1.29, 1.82) is 5.26 Å². The molecule has 108 valence electrons. The van der Waals surface area contributed by atoms with Gasteiger partial charge in [-0.25, -0.2) is 0 Å². The second kappa shape index (κ2) is 6.68. The highest BCUT2D eigenvalue weighted by Crippen LogP contribution is 2.24. The number of hydrogen-bond acceptors (Lipinski definition) is 6. The predicted octanol–water partition coefficient (Wildman–Crippen LogP) is 2.05. The van der Waals surface area contributed by atoms with E-state index in [0.717, 1.165) is 16.9 Å². The zero-order chi connectivity index (χ0) is 15.2. The second-order valence-electron chi connectivity index (χ2n) is 4.54. The summed E-state index contributed by atoms with van der Waals surface area (Å²) in [6, 6.07) is 9.56. The monoisotopic (exact) mass is 283 g/mol. The molecule has 6 nitrogen and oxygen atoms in total. The molecule has 0 radical (unpaired) electrons. The van der Waals surface area contributed by atoms with E-state index < -0.39 is 0 Å². The van der Waals surface area contributed by atoms with Crippen LogP contribution in [0.2, 0.25) is 0 Å². The number of benzene rings is 1. The number of nitriles is 1. The van der Waals surface area contributed by atoms with Gasteiger partial charge in [0, 0.05) is 18.3 Å². The Morgan fingerprint density at radius 2 is 2.14 bits per heavy atom. The van der Waals surface area contributed by atoms with Crippen molar-refractivity contribution < 1.29 is 4.74 Å². The lowest BCUT2D eigenvalue weighted by molar-refractivity contribution is 0.328. The van der Waals surface area contributed by atoms with Crippen LogP contribution in [0.15, 0.2) is 24.3 Å². The Kier molecular flexibility index (Phi) is 4.69. The summed E-state index contributed by atoms with van der Waals surface area (Å²) in [5.74, 6) is 1.15. The Morgan fingerprint density at radius 1 is 1.33 bits per heavy atom. The fourth-order valence-electron chi connectivity index (χ4n) is 1.81. The number of ether oxygens (including phenoxy) is 1. The molecule has 0 saturated carbocycles. The molecule has 0 aliphatic rings. The fraction of sp³-hybridized carbons (Fsp3) is 0.267. The summed E-state index contributed by atoms with van der Waals surface area (Å²) in [6.07, 6.45) is 0. The van der Waals surface area contributed by atoms with Gasteiger partial charge in [-0.05, 0) is 31.5 Å². The van der Waals surface area contributed by atoms with E-state index in [1.54, 1.807) is 0 Å². The van der Waals surface area contributed by atoms with Crippen LogP contribution in [-0.4, -0.2) is 23.3 Å². The first-order valence-electron chi connectivity index (χ1n) is 6.59. The molecule has 0 unspecified atom stereocenters.